The highest BCUT2D eigenvalue weighted by atomic mass is 16.3. The molecule has 3 N–H and O–H groups in total. The molecule has 0 saturated heterocycles. The topological polar surface area (TPSA) is 156 Å². The molecular formula is C24H20N6O5. The van der Waals surface area contributed by atoms with Gasteiger partial charge in [0, 0.05) is 22.6 Å². The Morgan fingerprint density at radius 3 is 2.74 bits per heavy atom. The number of benzene rings is 1. The fourth-order valence-corrected chi connectivity index (χ4v) is 5.21. The van der Waals surface area contributed by atoms with Crippen LogP contribution in [-0.2, 0) is 19.8 Å². The van der Waals surface area contributed by atoms with Crippen LogP contribution < -0.4 is 16.0 Å². The van der Waals surface area contributed by atoms with Crippen molar-refractivity contribution >= 4 is 51.8 Å². The van der Waals surface area contributed by atoms with E-state index in [1.165, 1.54) is 6.26 Å². The number of anilines is 4. The molecule has 1 aliphatic heterocycles. The number of allylic oxidation sites excluding steroid dienone is 1. The smallest absolute Gasteiger partial charge is 0.292 e. The van der Waals surface area contributed by atoms with Crippen LogP contribution >= 0.6 is 0 Å². The minimum absolute atomic E-state index is 0.0735. The molecule has 0 radical (unpaired) electrons. The van der Waals surface area contributed by atoms with Crippen LogP contribution in [0.1, 0.15) is 19.4 Å². The normalized spacial score (nSPS) is 25.5. The second-order valence-electron chi connectivity index (χ2n) is 9.46. The van der Waals surface area contributed by atoms with E-state index in [-0.39, 0.29) is 23.5 Å². The first-order valence-corrected chi connectivity index (χ1v) is 11.1. The maximum atomic E-state index is 12.6. The van der Waals surface area contributed by atoms with Gasteiger partial charge in [0.2, 0.25) is 11.9 Å². The standard InChI is InChI=1S/C24H20N6O5/c1-24(2)13-6-3-10(9-15(13)26-22(24)33)25-23-27-14-7-8-35-19(14)20(29-23)28-17-12-5-4-11(18(12)31)16(17)21(32)30-34/h3-9,11-12,16-17H,1-2H3,(H,26,33)(H2,25,27,28,29). The van der Waals surface area contributed by atoms with Gasteiger partial charge in [0.05, 0.1) is 35.5 Å². The molecule has 6 rings (SSSR count). The van der Waals surface area contributed by atoms with Crippen LogP contribution in [0.2, 0.25) is 0 Å². The summed E-state index contributed by atoms with van der Waals surface area (Å²) < 4.78 is 5.55. The Bertz CT molecular complexity index is 1470. The van der Waals surface area contributed by atoms with Gasteiger partial charge < -0.3 is 20.4 Å². The minimum Gasteiger partial charge on any atom is -0.459 e. The number of Topliss-reactive ketones (excluding diaryl/α,β-unsaturated/α-hetero) is 1. The van der Waals surface area contributed by atoms with Crippen molar-refractivity contribution in [3.63, 3.8) is 0 Å². The van der Waals surface area contributed by atoms with Crippen LogP contribution in [0, 0.1) is 22.7 Å². The fraction of sp³-hybridized carbons (Fsp3) is 0.292. The van der Waals surface area contributed by atoms with Crippen molar-refractivity contribution in [2.24, 2.45) is 22.9 Å². The van der Waals surface area contributed by atoms with E-state index in [9.17, 15) is 19.3 Å². The largest absolute Gasteiger partial charge is 0.459 e. The van der Waals surface area contributed by atoms with Crippen molar-refractivity contribution < 1.29 is 18.8 Å². The number of nitrogens with one attached hydrogen (secondary N) is 3. The Hall–Kier alpha value is -4.41. The summed E-state index contributed by atoms with van der Waals surface area (Å²) >= 11 is 0. The molecule has 11 nitrogen and oxygen atoms in total. The number of amides is 2. The van der Waals surface area contributed by atoms with Crippen molar-refractivity contribution in [2.45, 2.75) is 25.3 Å². The van der Waals surface area contributed by atoms with E-state index in [0.717, 1.165) is 5.56 Å². The Labute approximate surface area is 198 Å². The number of ketones is 1. The number of rotatable bonds is 5. The average Bonchev–Trinajstić information content (AvgIpc) is 3.56. The zero-order valence-electron chi connectivity index (χ0n) is 18.7. The highest BCUT2D eigenvalue weighted by Crippen LogP contribution is 2.44. The number of hydrogen-bond acceptors (Lipinski definition) is 9. The van der Waals surface area contributed by atoms with Gasteiger partial charge in [-0.15, -0.1) is 4.91 Å². The molecule has 2 aliphatic carbocycles. The van der Waals surface area contributed by atoms with Crippen molar-refractivity contribution in [2.75, 3.05) is 16.0 Å². The third-order valence-electron chi connectivity index (χ3n) is 7.09. The van der Waals surface area contributed by atoms with Crippen LogP contribution in [0.3, 0.4) is 0 Å². The Kier molecular flexibility index (Phi) is 4.41. The second kappa shape index (κ2) is 7.29. The molecule has 1 aromatic carbocycles. The monoisotopic (exact) mass is 472 g/mol. The van der Waals surface area contributed by atoms with Crippen LogP contribution in [-0.4, -0.2) is 33.6 Å². The minimum atomic E-state index is -0.907. The molecule has 2 bridgehead atoms. The maximum Gasteiger partial charge on any atom is 0.292 e. The fourth-order valence-electron chi connectivity index (χ4n) is 5.21. The lowest BCUT2D eigenvalue weighted by Gasteiger charge is -2.25. The quantitative estimate of drug-likeness (QED) is 0.375. The number of aromatic nitrogens is 2. The Morgan fingerprint density at radius 1 is 1.14 bits per heavy atom. The molecular weight excluding hydrogens is 452 g/mol. The second-order valence-corrected chi connectivity index (χ2v) is 9.46. The predicted molar refractivity (Wildman–Crippen MR) is 126 cm³/mol. The molecule has 2 amide bonds. The molecule has 3 aliphatic rings. The Morgan fingerprint density at radius 2 is 1.94 bits per heavy atom. The van der Waals surface area contributed by atoms with Crippen molar-refractivity contribution in [1.29, 1.82) is 0 Å². The molecule has 0 spiro atoms. The van der Waals surface area contributed by atoms with Crippen LogP contribution in [0.5, 0.6) is 0 Å². The van der Waals surface area contributed by atoms with Gasteiger partial charge in [0.25, 0.3) is 5.91 Å². The predicted octanol–water partition coefficient (Wildman–Crippen LogP) is 3.27. The molecule has 1 fully saturated rings. The molecule has 2 aromatic heterocycles. The zero-order chi connectivity index (χ0) is 24.5. The number of nitroso groups, excluding NO2 is 1. The van der Waals surface area contributed by atoms with Crippen molar-refractivity contribution in [3.8, 4) is 0 Å². The number of fused-ring (bicyclic) bond motifs is 4. The summed E-state index contributed by atoms with van der Waals surface area (Å²) in [4.78, 5) is 57.1. The summed E-state index contributed by atoms with van der Waals surface area (Å²) in [7, 11) is 0. The summed E-state index contributed by atoms with van der Waals surface area (Å²) in [6.45, 7) is 3.73. The number of nitrogens with zero attached hydrogens (tertiary/aromatic N) is 3. The van der Waals surface area contributed by atoms with Crippen LogP contribution in [0.15, 0.2) is 52.3 Å². The van der Waals surface area contributed by atoms with E-state index < -0.39 is 35.1 Å². The van der Waals surface area contributed by atoms with Gasteiger partial charge in [-0.2, -0.15) is 4.98 Å². The van der Waals surface area contributed by atoms with Crippen molar-refractivity contribution in [1.82, 2.24) is 9.97 Å². The van der Waals surface area contributed by atoms with E-state index in [1.54, 1.807) is 18.2 Å². The average molecular weight is 472 g/mol. The van der Waals surface area contributed by atoms with E-state index in [2.05, 4.69) is 31.1 Å². The molecule has 176 valence electrons. The first-order valence-electron chi connectivity index (χ1n) is 11.1. The molecule has 1 saturated carbocycles. The van der Waals surface area contributed by atoms with Gasteiger partial charge in [0.15, 0.2) is 11.4 Å². The lowest BCUT2D eigenvalue weighted by Crippen LogP contribution is -2.37. The summed E-state index contributed by atoms with van der Waals surface area (Å²) in [5, 5.41) is 11.7. The molecule has 3 heterocycles. The number of carbonyl (C=O) groups is 3. The molecule has 11 heteroatoms. The molecule has 3 aromatic rings. The van der Waals surface area contributed by atoms with Gasteiger partial charge in [-0.05, 0) is 31.5 Å². The number of furan rings is 1. The van der Waals surface area contributed by atoms with Gasteiger partial charge in [-0.1, -0.05) is 18.2 Å². The number of carbonyl (C=O) groups excluding carboxylic acids is 3. The van der Waals surface area contributed by atoms with Gasteiger partial charge in [-0.25, -0.2) is 4.98 Å². The SMILES string of the molecule is CC1(C)C(=O)Nc2cc(Nc3nc(NC4C5C=CC(C5=O)C4C(=O)N=O)c4occc4n3)ccc21. The van der Waals surface area contributed by atoms with E-state index in [1.807, 2.05) is 32.0 Å². The number of hydrogen-bond donors (Lipinski definition) is 3. The molecule has 4 atom stereocenters. The van der Waals surface area contributed by atoms with E-state index >= 15 is 0 Å². The molecule has 35 heavy (non-hydrogen) atoms. The molecule has 4 unspecified atom stereocenters. The maximum absolute atomic E-state index is 12.6. The third kappa shape index (κ3) is 3.07. The van der Waals surface area contributed by atoms with Gasteiger partial charge >= 0.3 is 0 Å². The Balaban J connectivity index is 1.34. The van der Waals surface area contributed by atoms with Gasteiger partial charge in [-0.3, -0.25) is 14.4 Å². The summed E-state index contributed by atoms with van der Waals surface area (Å²) in [5.41, 5.74) is 2.50. The van der Waals surface area contributed by atoms with E-state index in [0.29, 0.717) is 22.5 Å². The third-order valence-corrected chi connectivity index (χ3v) is 7.09. The van der Waals surface area contributed by atoms with E-state index in [4.69, 9.17) is 4.42 Å². The first kappa shape index (κ1) is 21.1. The lowest BCUT2D eigenvalue weighted by atomic mass is 9.86. The summed E-state index contributed by atoms with van der Waals surface area (Å²) in [6.07, 6.45) is 4.85. The highest BCUT2D eigenvalue weighted by molar-refractivity contribution is 6.06. The van der Waals surface area contributed by atoms with Crippen molar-refractivity contribution in [3.05, 3.63) is 53.2 Å². The first-order chi connectivity index (χ1) is 16.8. The van der Waals surface area contributed by atoms with Gasteiger partial charge in [0.1, 0.15) is 11.3 Å². The summed E-state index contributed by atoms with van der Waals surface area (Å²) in [5.74, 6) is -2.72. The van der Waals surface area contributed by atoms with Crippen LogP contribution in [0.4, 0.5) is 23.1 Å². The summed E-state index contributed by atoms with van der Waals surface area (Å²) in [6, 6.07) is 6.50. The van der Waals surface area contributed by atoms with Crippen LogP contribution in [0.25, 0.3) is 11.1 Å². The highest BCUT2D eigenvalue weighted by Gasteiger charge is 2.55. The zero-order valence-corrected chi connectivity index (χ0v) is 18.7. The lowest BCUT2D eigenvalue weighted by molar-refractivity contribution is -0.126.